The van der Waals surface area contributed by atoms with Crippen molar-refractivity contribution in [3.05, 3.63) is 71.3 Å². The van der Waals surface area contributed by atoms with Gasteiger partial charge in [0.25, 0.3) is 5.91 Å². The van der Waals surface area contributed by atoms with Gasteiger partial charge in [-0.2, -0.15) is 0 Å². The highest BCUT2D eigenvalue weighted by atomic mass is 16.5. The maximum Gasteiger partial charge on any atom is 0.288 e. The molecule has 0 spiro atoms. The number of H-pyrrole nitrogens is 1. The lowest BCUT2D eigenvalue weighted by molar-refractivity contribution is -0.130. The molecule has 1 saturated heterocycles. The number of nitrogens with one attached hydrogen (secondary N) is 1. The van der Waals surface area contributed by atoms with Crippen LogP contribution in [0.25, 0.3) is 0 Å². The van der Waals surface area contributed by atoms with Gasteiger partial charge in [-0.15, -0.1) is 5.10 Å². The SMILES string of the molecule is CN1C(=O)CCOc2ccc(CCC(=O)N3CCCC3)cc21.NC(=O)c1n[nH]c(Cc2ccccc2)n1. The van der Waals surface area contributed by atoms with Crippen molar-refractivity contribution in [1.29, 1.82) is 0 Å². The molecule has 3 aromatic rings. The summed E-state index contributed by atoms with van der Waals surface area (Å²) in [7, 11) is 1.77. The Morgan fingerprint density at radius 3 is 2.54 bits per heavy atom. The smallest absolute Gasteiger partial charge is 0.288 e. The van der Waals surface area contributed by atoms with Crippen LogP contribution >= 0.6 is 0 Å². The first kappa shape index (κ1) is 25.9. The van der Waals surface area contributed by atoms with E-state index in [-0.39, 0.29) is 17.6 Å². The third kappa shape index (κ3) is 6.93. The lowest BCUT2D eigenvalue weighted by Gasteiger charge is -2.18. The number of ether oxygens (including phenoxy) is 1. The Balaban J connectivity index is 0.000000186. The molecule has 3 N–H and O–H groups in total. The standard InChI is InChI=1S/C17H22N2O3.C10H10N4O/c1-18-14-12-13(4-6-15(14)22-11-8-16(18)20)5-7-17(21)19-9-2-3-10-19;11-9(15)10-12-8(13-14-10)6-7-4-2-1-3-5-7/h4,6,12H,2-3,5,7-11H2,1H3;1-5H,6H2,(H2,11,15)(H,12,13,14). The van der Waals surface area contributed by atoms with Crippen molar-refractivity contribution in [2.45, 2.75) is 38.5 Å². The van der Waals surface area contributed by atoms with E-state index in [9.17, 15) is 14.4 Å². The van der Waals surface area contributed by atoms with Crippen LogP contribution in [0.15, 0.2) is 48.5 Å². The Kier molecular flexibility index (Phi) is 8.50. The summed E-state index contributed by atoms with van der Waals surface area (Å²) in [4.78, 5) is 42.3. The molecule has 3 amide bonds. The summed E-state index contributed by atoms with van der Waals surface area (Å²) < 4.78 is 5.61. The van der Waals surface area contributed by atoms with Gasteiger partial charge in [-0.3, -0.25) is 19.5 Å². The Bertz CT molecular complexity index is 1240. The largest absolute Gasteiger partial charge is 0.491 e. The minimum absolute atomic E-state index is 0.0286. The molecular formula is C27H32N6O4. The zero-order valence-corrected chi connectivity index (χ0v) is 21.0. The van der Waals surface area contributed by atoms with Gasteiger partial charge in [-0.1, -0.05) is 36.4 Å². The molecule has 194 valence electrons. The van der Waals surface area contributed by atoms with E-state index in [0.717, 1.165) is 48.5 Å². The van der Waals surface area contributed by atoms with Gasteiger partial charge in [0.1, 0.15) is 11.6 Å². The predicted molar refractivity (Wildman–Crippen MR) is 138 cm³/mol. The summed E-state index contributed by atoms with van der Waals surface area (Å²) in [6.07, 6.45) is 4.47. The van der Waals surface area contributed by atoms with E-state index in [0.29, 0.717) is 38.1 Å². The maximum atomic E-state index is 12.1. The maximum absolute atomic E-state index is 12.1. The fraction of sp³-hybridized carbons (Fsp3) is 0.370. The number of aryl methyl sites for hydroxylation is 1. The van der Waals surface area contributed by atoms with E-state index in [1.54, 1.807) is 11.9 Å². The van der Waals surface area contributed by atoms with Gasteiger partial charge in [0, 0.05) is 33.0 Å². The highest BCUT2D eigenvalue weighted by Gasteiger charge is 2.21. The number of nitrogens with two attached hydrogens (primary N) is 1. The van der Waals surface area contributed by atoms with E-state index in [1.165, 1.54) is 0 Å². The van der Waals surface area contributed by atoms with Crippen molar-refractivity contribution in [3.8, 4) is 5.75 Å². The van der Waals surface area contributed by atoms with Crippen LogP contribution in [-0.2, 0) is 22.4 Å². The van der Waals surface area contributed by atoms with Crippen molar-refractivity contribution in [2.75, 3.05) is 31.6 Å². The molecule has 10 heteroatoms. The third-order valence-corrected chi connectivity index (χ3v) is 6.39. The molecule has 0 bridgehead atoms. The normalized spacial score (nSPS) is 14.8. The lowest BCUT2D eigenvalue weighted by atomic mass is 10.1. The van der Waals surface area contributed by atoms with Crippen LogP contribution in [0.3, 0.4) is 0 Å². The number of carbonyl (C=O) groups is 3. The molecule has 0 saturated carbocycles. The molecule has 2 aliphatic heterocycles. The number of aromatic nitrogens is 3. The van der Waals surface area contributed by atoms with E-state index in [2.05, 4.69) is 15.2 Å². The van der Waals surface area contributed by atoms with Gasteiger partial charge in [-0.05, 0) is 42.5 Å². The zero-order valence-electron chi connectivity index (χ0n) is 21.0. The van der Waals surface area contributed by atoms with Crippen LogP contribution < -0.4 is 15.4 Å². The summed E-state index contributed by atoms with van der Waals surface area (Å²) >= 11 is 0. The van der Waals surface area contributed by atoms with E-state index >= 15 is 0 Å². The van der Waals surface area contributed by atoms with Gasteiger partial charge < -0.3 is 20.3 Å². The molecule has 0 radical (unpaired) electrons. The van der Waals surface area contributed by atoms with E-state index in [4.69, 9.17) is 10.5 Å². The molecule has 2 aliphatic rings. The summed E-state index contributed by atoms with van der Waals surface area (Å²) in [5.41, 5.74) is 8.00. The number of nitrogens with zero attached hydrogens (tertiary/aromatic N) is 4. The van der Waals surface area contributed by atoms with Crippen LogP contribution in [0, 0.1) is 0 Å². The molecule has 3 heterocycles. The summed E-state index contributed by atoms with van der Waals surface area (Å²) in [5, 5.41) is 6.37. The zero-order chi connectivity index (χ0) is 26.2. The number of rotatable bonds is 6. The van der Waals surface area contributed by atoms with Gasteiger partial charge in [0.15, 0.2) is 0 Å². The number of primary amides is 1. The molecule has 0 aliphatic carbocycles. The van der Waals surface area contributed by atoms with Crippen molar-refractivity contribution >= 4 is 23.4 Å². The number of amides is 3. The van der Waals surface area contributed by atoms with Crippen LogP contribution in [0.5, 0.6) is 5.75 Å². The first-order valence-corrected chi connectivity index (χ1v) is 12.5. The average molecular weight is 505 g/mol. The Morgan fingerprint density at radius 1 is 1.08 bits per heavy atom. The van der Waals surface area contributed by atoms with Crippen LogP contribution in [0.1, 0.15) is 53.3 Å². The second kappa shape index (κ2) is 12.2. The van der Waals surface area contributed by atoms with Crippen molar-refractivity contribution in [3.63, 3.8) is 0 Å². The van der Waals surface area contributed by atoms with Crippen molar-refractivity contribution in [2.24, 2.45) is 5.73 Å². The number of carbonyl (C=O) groups excluding carboxylic acids is 3. The second-order valence-corrected chi connectivity index (χ2v) is 9.07. The fourth-order valence-corrected chi connectivity index (χ4v) is 4.30. The van der Waals surface area contributed by atoms with Gasteiger partial charge in [0.05, 0.1) is 18.7 Å². The average Bonchev–Trinajstić information content (AvgIpc) is 3.59. The highest BCUT2D eigenvalue weighted by molar-refractivity contribution is 5.95. The number of hydrogen-bond donors (Lipinski definition) is 2. The number of aromatic amines is 1. The van der Waals surface area contributed by atoms with Gasteiger partial charge >= 0.3 is 0 Å². The molecule has 37 heavy (non-hydrogen) atoms. The summed E-state index contributed by atoms with van der Waals surface area (Å²) in [5.74, 6) is 1.07. The fourth-order valence-electron chi connectivity index (χ4n) is 4.30. The minimum Gasteiger partial charge on any atom is -0.491 e. The highest BCUT2D eigenvalue weighted by Crippen LogP contribution is 2.32. The van der Waals surface area contributed by atoms with Gasteiger partial charge in [0.2, 0.25) is 17.6 Å². The quantitative estimate of drug-likeness (QED) is 0.530. The first-order chi connectivity index (χ1) is 17.9. The number of likely N-dealkylation sites (tertiary alicyclic amines) is 1. The molecular weight excluding hydrogens is 472 g/mol. The minimum atomic E-state index is -0.620. The number of anilines is 1. The number of hydrogen-bond acceptors (Lipinski definition) is 6. The van der Waals surface area contributed by atoms with Crippen LogP contribution in [0.2, 0.25) is 0 Å². The Labute approximate surface area is 215 Å². The molecule has 1 aromatic heterocycles. The molecule has 0 atom stereocenters. The second-order valence-electron chi connectivity index (χ2n) is 9.07. The van der Waals surface area contributed by atoms with Crippen molar-refractivity contribution in [1.82, 2.24) is 20.1 Å². The van der Waals surface area contributed by atoms with Crippen LogP contribution in [-0.4, -0.2) is 64.5 Å². The first-order valence-electron chi connectivity index (χ1n) is 12.5. The monoisotopic (exact) mass is 504 g/mol. The molecule has 1 fully saturated rings. The molecule has 2 aromatic carbocycles. The summed E-state index contributed by atoms with van der Waals surface area (Å²) in [6.45, 7) is 2.21. The predicted octanol–water partition coefficient (Wildman–Crippen LogP) is 2.48. The molecule has 10 nitrogen and oxygen atoms in total. The van der Waals surface area contributed by atoms with Crippen LogP contribution in [0.4, 0.5) is 5.69 Å². The third-order valence-electron chi connectivity index (χ3n) is 6.39. The van der Waals surface area contributed by atoms with E-state index in [1.807, 2.05) is 53.4 Å². The topological polar surface area (TPSA) is 135 Å². The molecule has 0 unspecified atom stereocenters. The van der Waals surface area contributed by atoms with Gasteiger partial charge in [-0.25, -0.2) is 4.98 Å². The Hall–Kier alpha value is -4.21. The number of benzene rings is 2. The Morgan fingerprint density at radius 2 is 1.84 bits per heavy atom. The summed E-state index contributed by atoms with van der Waals surface area (Å²) in [6, 6.07) is 15.6. The lowest BCUT2D eigenvalue weighted by Crippen LogP contribution is -2.27. The molecule has 5 rings (SSSR count). The number of fused-ring (bicyclic) bond motifs is 1. The van der Waals surface area contributed by atoms with Crippen molar-refractivity contribution < 1.29 is 19.1 Å². The van der Waals surface area contributed by atoms with E-state index < -0.39 is 5.91 Å².